The van der Waals surface area contributed by atoms with Gasteiger partial charge in [-0.3, -0.25) is 14.4 Å². The molecule has 0 atom stereocenters. The molecule has 3 amide bonds. The Morgan fingerprint density at radius 1 is 0.739 bits per heavy atom. The van der Waals surface area contributed by atoms with E-state index >= 15 is 0 Å². The molecule has 372 valence electrons. The molecule has 4 fully saturated rings. The summed E-state index contributed by atoms with van der Waals surface area (Å²) in [7, 11) is 4.17. The minimum Gasteiger partial charge on any atom is -0.478 e. The number of halogens is 2. The van der Waals surface area contributed by atoms with Crippen LogP contribution < -0.4 is 16.0 Å². The van der Waals surface area contributed by atoms with E-state index in [9.17, 15) is 19.2 Å². The number of nitrogens with one attached hydrogen (secondary N) is 3. The third kappa shape index (κ3) is 14.3. The third-order valence-electron chi connectivity index (χ3n) is 13.7. The fourth-order valence-corrected chi connectivity index (χ4v) is 10.5. The molecule has 0 unspecified atom stereocenters. The number of carboxylic acids is 1. The summed E-state index contributed by atoms with van der Waals surface area (Å²) in [6.07, 6.45) is 16.7. The maximum atomic E-state index is 12.8. The summed E-state index contributed by atoms with van der Waals surface area (Å²) >= 11 is 3.55. The van der Waals surface area contributed by atoms with Crippen LogP contribution >= 0.6 is 47.5 Å². The molecule has 4 aromatic heterocycles. The second kappa shape index (κ2) is 25.0. The van der Waals surface area contributed by atoms with Crippen LogP contribution in [0.3, 0.4) is 0 Å². The van der Waals surface area contributed by atoms with Crippen LogP contribution in [0.1, 0.15) is 57.7 Å². The van der Waals surface area contributed by atoms with Crippen molar-refractivity contribution >= 4 is 95.0 Å². The number of hydrogen-bond donors (Lipinski definition) is 4. The molecule has 0 bridgehead atoms. The summed E-state index contributed by atoms with van der Waals surface area (Å²) < 4.78 is 11.5. The average molecular weight is 1020 g/mol. The van der Waals surface area contributed by atoms with E-state index in [1.165, 1.54) is 15.8 Å². The van der Waals surface area contributed by atoms with Crippen LogP contribution in [0.5, 0.6) is 0 Å². The fraction of sp³-hybridized carbons (Fsp3) is 0.480. The number of anilines is 2. The van der Waals surface area contributed by atoms with E-state index < -0.39 is 5.97 Å². The Morgan fingerprint density at radius 3 is 1.62 bits per heavy atom. The maximum absolute atomic E-state index is 12.8. The van der Waals surface area contributed by atoms with Crippen LogP contribution in [-0.4, -0.2) is 145 Å². The molecule has 0 radical (unpaired) electrons. The number of nitrogens with zero attached hydrogens (tertiary/aromatic N) is 5. The largest absolute Gasteiger partial charge is 0.478 e. The molecule has 0 aromatic carbocycles. The van der Waals surface area contributed by atoms with Gasteiger partial charge in [0.05, 0.1) is 36.3 Å². The zero-order chi connectivity index (χ0) is 46.8. The van der Waals surface area contributed by atoms with Crippen molar-refractivity contribution in [1.82, 2.24) is 30.0 Å². The summed E-state index contributed by atoms with van der Waals surface area (Å²) in [4.78, 5) is 66.1. The van der Waals surface area contributed by atoms with Gasteiger partial charge in [-0.15, -0.1) is 47.5 Å². The number of hydrogen-bond acceptors (Lipinski definition) is 13. The molecule has 19 heteroatoms. The lowest BCUT2D eigenvalue weighted by molar-refractivity contribution is -0.139. The number of pyridine rings is 2. The highest BCUT2D eigenvalue weighted by Crippen LogP contribution is 2.42. The van der Waals surface area contributed by atoms with Crippen LogP contribution in [0.2, 0.25) is 0 Å². The number of thiophene rings is 2. The molecule has 0 aliphatic carbocycles. The molecule has 0 saturated carbocycles. The third-order valence-corrected chi connectivity index (χ3v) is 15.5. The lowest BCUT2D eigenvalue weighted by Crippen LogP contribution is -2.54. The van der Waals surface area contributed by atoms with Crippen LogP contribution in [0.25, 0.3) is 12.2 Å². The molecule has 10 rings (SSSR count). The lowest BCUT2D eigenvalue weighted by Gasteiger charge is -2.42. The zero-order valence-corrected chi connectivity index (χ0v) is 42.5. The van der Waals surface area contributed by atoms with Crippen LogP contribution in [-0.2, 0) is 54.3 Å². The highest BCUT2D eigenvalue weighted by atomic mass is 35.5. The van der Waals surface area contributed by atoms with Crippen molar-refractivity contribution in [3.05, 3.63) is 104 Å². The minimum atomic E-state index is -0.988. The quantitative estimate of drug-likeness (QED) is 0.116. The Hall–Kier alpha value is -4.56. The van der Waals surface area contributed by atoms with Gasteiger partial charge < -0.3 is 45.2 Å². The summed E-state index contributed by atoms with van der Waals surface area (Å²) in [6.45, 7) is 8.58. The number of fused-ring (bicyclic) bond motifs is 2. The number of ether oxygens (including phenoxy) is 2. The van der Waals surface area contributed by atoms with Gasteiger partial charge in [0, 0.05) is 73.3 Å². The zero-order valence-electron chi connectivity index (χ0n) is 39.2. The molecule has 15 nitrogen and oxygen atoms in total. The van der Waals surface area contributed by atoms with Gasteiger partial charge in [-0.05, 0) is 148 Å². The number of aromatic nitrogens is 2. The summed E-state index contributed by atoms with van der Waals surface area (Å²) in [6, 6.07) is 12.4. The Kier molecular flexibility index (Phi) is 19.5. The van der Waals surface area contributed by atoms with E-state index in [1.54, 1.807) is 46.0 Å². The number of aliphatic carboxylic acids is 1. The van der Waals surface area contributed by atoms with Crippen LogP contribution in [0.4, 0.5) is 11.6 Å². The topological polar surface area (TPSA) is 179 Å². The van der Waals surface area contributed by atoms with Gasteiger partial charge in [0.25, 0.3) is 0 Å². The van der Waals surface area contributed by atoms with Crippen molar-refractivity contribution in [2.24, 2.45) is 10.8 Å². The van der Waals surface area contributed by atoms with Crippen LogP contribution in [0.15, 0.2) is 71.7 Å². The minimum absolute atomic E-state index is 0. The summed E-state index contributed by atoms with van der Waals surface area (Å²) in [5.41, 5.74) is 2.96. The molecule has 2 spiro atoms. The number of piperidine rings is 2. The van der Waals surface area contributed by atoms with Gasteiger partial charge in [0.1, 0.15) is 11.6 Å². The van der Waals surface area contributed by atoms with Crippen molar-refractivity contribution in [3.63, 3.8) is 0 Å². The predicted octanol–water partition coefficient (Wildman–Crippen LogP) is 6.34. The molecule has 4 aromatic rings. The number of carbonyl (C=O) groups excluding carboxylic acids is 3. The summed E-state index contributed by atoms with van der Waals surface area (Å²) in [5, 5.41) is 22.0. The summed E-state index contributed by atoms with van der Waals surface area (Å²) in [5.74, 6) is 0.414. The molecule has 6 aliphatic rings. The van der Waals surface area contributed by atoms with Crippen molar-refractivity contribution in [1.29, 1.82) is 0 Å². The second-order valence-corrected chi connectivity index (χ2v) is 20.6. The van der Waals surface area contributed by atoms with Gasteiger partial charge in [0.2, 0.25) is 17.7 Å². The van der Waals surface area contributed by atoms with Gasteiger partial charge >= 0.3 is 5.97 Å². The van der Waals surface area contributed by atoms with Crippen molar-refractivity contribution in [2.75, 3.05) is 90.3 Å². The number of carbonyl (C=O) groups is 4. The van der Waals surface area contributed by atoms with Crippen molar-refractivity contribution in [2.45, 2.75) is 63.6 Å². The molecule has 69 heavy (non-hydrogen) atoms. The first-order valence-corrected chi connectivity index (χ1v) is 25.0. The first-order chi connectivity index (χ1) is 32.4. The molecular formula is C50H64Cl2N8O7S2. The number of likely N-dealkylation sites (tertiary alicyclic amines) is 3. The monoisotopic (exact) mass is 1020 g/mol. The maximum Gasteiger partial charge on any atom is 0.328 e. The van der Waals surface area contributed by atoms with Gasteiger partial charge in [0.15, 0.2) is 0 Å². The standard InChI is InChI=1S/C25H30N4O3S.C16H19N3O3.C9H13NOS.2ClH/c1-28-9-7-25(8-10-28)14-19-13-18(15-26-23(19)27-24(25)31)4-5-22(30)29-16-20(17-29)32-11-6-21-3-2-12-33-21;1-19-6-4-16(5-7-19)9-12-8-11(2-3-13(20)21)10-17-14(12)18-15(16)22;1-2-9(12-5-1)3-4-11-8-6-10-7-8;;/h2-5,12-13,15,20H,6-11,14,16-17H2,1H3,(H,26,27,31);2-3,8,10H,4-7,9H2,1H3,(H,20,21)(H,17,18,22);1-2,5,8,10H,3-4,6-7H2;2*1H/b5-4+;3-2+;;;. The fourth-order valence-electron chi connectivity index (χ4n) is 9.11. The predicted molar refractivity (Wildman–Crippen MR) is 277 cm³/mol. The SMILES string of the molecule is CN1CCC2(CC1)Cc1cc(/C=C/C(=O)N3CC(OCCc4cccs4)C3)cnc1NC2=O.CN1CCC2(CC1)Cc1cc(/C=C/C(=O)O)cnc1NC2=O.Cl.Cl.c1csc(CCOC2CNC2)c1. The highest BCUT2D eigenvalue weighted by Gasteiger charge is 2.45. The van der Waals surface area contributed by atoms with Crippen molar-refractivity contribution < 1.29 is 33.8 Å². The van der Waals surface area contributed by atoms with Gasteiger partial charge in [-0.1, -0.05) is 12.1 Å². The highest BCUT2D eigenvalue weighted by molar-refractivity contribution is 7.10. The molecular weight excluding hydrogens is 960 g/mol. The second-order valence-electron chi connectivity index (χ2n) is 18.5. The van der Waals surface area contributed by atoms with E-state index in [4.69, 9.17) is 14.6 Å². The van der Waals surface area contributed by atoms with E-state index in [0.717, 1.165) is 113 Å². The Labute approximate surface area is 425 Å². The lowest BCUT2D eigenvalue weighted by atomic mass is 9.71. The smallest absolute Gasteiger partial charge is 0.328 e. The number of rotatable bonds is 12. The van der Waals surface area contributed by atoms with Gasteiger partial charge in [-0.2, -0.15) is 0 Å². The molecule has 4 saturated heterocycles. The van der Waals surface area contributed by atoms with E-state index in [0.29, 0.717) is 50.3 Å². The van der Waals surface area contributed by atoms with Crippen molar-refractivity contribution in [3.8, 4) is 0 Å². The molecule has 10 heterocycles. The van der Waals surface area contributed by atoms with E-state index in [2.05, 4.69) is 90.9 Å². The number of carboxylic acid groups (broad SMARTS) is 1. The molecule has 4 N–H and O–H groups in total. The Morgan fingerprint density at radius 2 is 1.20 bits per heavy atom. The first kappa shape index (κ1) is 53.8. The van der Waals surface area contributed by atoms with E-state index in [1.807, 2.05) is 12.1 Å². The average Bonchev–Trinajstić information content (AvgIpc) is 4.03. The Bertz CT molecular complexity index is 2390. The first-order valence-electron chi connectivity index (χ1n) is 23.3. The molecule has 6 aliphatic heterocycles. The number of amides is 3. The normalized spacial score (nSPS) is 19.6. The van der Waals surface area contributed by atoms with Gasteiger partial charge in [-0.25, -0.2) is 14.8 Å². The Balaban J connectivity index is 0.000000187. The van der Waals surface area contributed by atoms with Crippen LogP contribution in [0, 0.1) is 10.8 Å². The van der Waals surface area contributed by atoms with E-state index in [-0.39, 0.29) is 59.5 Å².